The fourth-order valence-corrected chi connectivity index (χ4v) is 1.87. The van der Waals surface area contributed by atoms with Gasteiger partial charge in [-0.3, -0.25) is 10.1 Å². The molecule has 3 aromatic rings. The Kier molecular flexibility index (Phi) is 2.61. The maximum absolute atomic E-state index is 12.9. The van der Waals surface area contributed by atoms with Crippen molar-refractivity contribution in [1.29, 1.82) is 0 Å². The van der Waals surface area contributed by atoms with Gasteiger partial charge in [0.05, 0.1) is 11.4 Å². The Labute approximate surface area is 103 Å². The molecule has 0 aliphatic heterocycles. The van der Waals surface area contributed by atoms with Gasteiger partial charge in [0.1, 0.15) is 5.82 Å². The van der Waals surface area contributed by atoms with Crippen molar-refractivity contribution in [3.05, 3.63) is 60.7 Å². The summed E-state index contributed by atoms with van der Waals surface area (Å²) < 4.78 is 12.9. The lowest BCUT2D eigenvalue weighted by Crippen LogP contribution is -1.89. The van der Waals surface area contributed by atoms with E-state index in [0.717, 1.165) is 22.5 Å². The largest absolute Gasteiger partial charge is 0.278 e. The first-order valence-corrected chi connectivity index (χ1v) is 5.55. The van der Waals surface area contributed by atoms with Gasteiger partial charge in [0.25, 0.3) is 0 Å². The first-order chi connectivity index (χ1) is 8.84. The molecule has 0 aliphatic carbocycles. The van der Waals surface area contributed by atoms with Gasteiger partial charge in [-0.2, -0.15) is 5.10 Å². The van der Waals surface area contributed by atoms with E-state index in [4.69, 9.17) is 0 Å². The monoisotopic (exact) mass is 239 g/mol. The number of nitrogens with one attached hydrogen (secondary N) is 1. The maximum Gasteiger partial charge on any atom is 0.123 e. The van der Waals surface area contributed by atoms with Crippen molar-refractivity contribution < 1.29 is 4.39 Å². The van der Waals surface area contributed by atoms with Crippen LogP contribution in [0.25, 0.3) is 22.5 Å². The molecule has 0 saturated heterocycles. The van der Waals surface area contributed by atoms with Crippen molar-refractivity contribution in [2.24, 2.45) is 0 Å². The van der Waals surface area contributed by atoms with Gasteiger partial charge in [-0.25, -0.2) is 4.39 Å². The number of nitrogens with zero attached hydrogens (tertiary/aromatic N) is 2. The fourth-order valence-electron chi connectivity index (χ4n) is 1.87. The van der Waals surface area contributed by atoms with Crippen molar-refractivity contribution >= 4 is 0 Å². The molecule has 0 unspecified atom stereocenters. The lowest BCUT2D eigenvalue weighted by atomic mass is 10.0. The number of aromatic amines is 1. The summed E-state index contributed by atoms with van der Waals surface area (Å²) in [5.74, 6) is -0.252. The highest BCUT2D eigenvalue weighted by atomic mass is 19.1. The maximum atomic E-state index is 12.9. The zero-order valence-corrected chi connectivity index (χ0v) is 9.47. The molecule has 1 N–H and O–H groups in total. The molecule has 0 aliphatic rings. The number of rotatable bonds is 2. The average Bonchev–Trinajstić information content (AvgIpc) is 2.93. The van der Waals surface area contributed by atoms with Crippen molar-refractivity contribution in [3.8, 4) is 22.5 Å². The van der Waals surface area contributed by atoms with Crippen LogP contribution in [0.1, 0.15) is 0 Å². The number of benzene rings is 1. The minimum absolute atomic E-state index is 0.252. The second-order valence-electron chi connectivity index (χ2n) is 3.88. The van der Waals surface area contributed by atoms with Crippen LogP contribution in [0.5, 0.6) is 0 Å². The van der Waals surface area contributed by atoms with E-state index >= 15 is 0 Å². The van der Waals surface area contributed by atoms with Crippen LogP contribution in [0.4, 0.5) is 4.39 Å². The summed E-state index contributed by atoms with van der Waals surface area (Å²) in [7, 11) is 0. The van der Waals surface area contributed by atoms with Gasteiger partial charge in [-0.15, -0.1) is 0 Å². The van der Waals surface area contributed by atoms with Crippen molar-refractivity contribution in [2.75, 3.05) is 0 Å². The van der Waals surface area contributed by atoms with E-state index in [1.165, 1.54) is 12.1 Å². The Morgan fingerprint density at radius 2 is 1.78 bits per heavy atom. The van der Waals surface area contributed by atoms with Crippen LogP contribution in [-0.2, 0) is 0 Å². The van der Waals surface area contributed by atoms with Gasteiger partial charge < -0.3 is 0 Å². The smallest absolute Gasteiger partial charge is 0.123 e. The Bertz CT molecular complexity index is 645. The second kappa shape index (κ2) is 4.41. The summed E-state index contributed by atoms with van der Waals surface area (Å²) in [6.07, 6.45) is 3.41. The molecule has 0 spiro atoms. The molecule has 18 heavy (non-hydrogen) atoms. The van der Waals surface area contributed by atoms with Gasteiger partial charge >= 0.3 is 0 Å². The first-order valence-electron chi connectivity index (χ1n) is 5.55. The Balaban J connectivity index is 2.15. The normalized spacial score (nSPS) is 10.5. The first kappa shape index (κ1) is 10.7. The molecule has 0 saturated carbocycles. The van der Waals surface area contributed by atoms with E-state index in [9.17, 15) is 4.39 Å². The SMILES string of the molecule is Fc1ccc(-c2ncccc2-c2ccn[nH]2)cc1. The third kappa shape index (κ3) is 1.88. The number of hydrogen-bond acceptors (Lipinski definition) is 2. The van der Waals surface area contributed by atoms with Crippen LogP contribution in [0, 0.1) is 5.82 Å². The van der Waals surface area contributed by atoms with Crippen LogP contribution in [0.3, 0.4) is 0 Å². The molecule has 0 fully saturated rings. The molecule has 1 aromatic carbocycles. The van der Waals surface area contributed by atoms with E-state index in [-0.39, 0.29) is 5.82 Å². The van der Waals surface area contributed by atoms with Crippen LogP contribution >= 0.6 is 0 Å². The van der Waals surface area contributed by atoms with Gasteiger partial charge in [-0.1, -0.05) is 0 Å². The fraction of sp³-hybridized carbons (Fsp3) is 0. The predicted molar refractivity (Wildman–Crippen MR) is 67.2 cm³/mol. The quantitative estimate of drug-likeness (QED) is 0.745. The lowest BCUT2D eigenvalue weighted by Gasteiger charge is -2.06. The Hall–Kier alpha value is -2.49. The lowest BCUT2D eigenvalue weighted by molar-refractivity contribution is 0.628. The molecule has 3 nitrogen and oxygen atoms in total. The number of aromatic nitrogens is 3. The van der Waals surface area contributed by atoms with Gasteiger partial charge in [0.15, 0.2) is 0 Å². The molecule has 88 valence electrons. The molecule has 4 heteroatoms. The third-order valence-corrected chi connectivity index (χ3v) is 2.72. The van der Waals surface area contributed by atoms with Crippen LogP contribution in [-0.4, -0.2) is 15.2 Å². The highest BCUT2D eigenvalue weighted by molar-refractivity contribution is 5.78. The predicted octanol–water partition coefficient (Wildman–Crippen LogP) is 3.28. The van der Waals surface area contributed by atoms with Crippen molar-refractivity contribution in [2.45, 2.75) is 0 Å². The van der Waals surface area contributed by atoms with Crippen molar-refractivity contribution in [3.63, 3.8) is 0 Å². The van der Waals surface area contributed by atoms with Gasteiger partial charge in [0, 0.05) is 23.5 Å². The zero-order valence-electron chi connectivity index (χ0n) is 9.47. The summed E-state index contributed by atoms with van der Waals surface area (Å²) >= 11 is 0. The minimum atomic E-state index is -0.252. The highest BCUT2D eigenvalue weighted by Crippen LogP contribution is 2.28. The average molecular weight is 239 g/mol. The summed E-state index contributed by atoms with van der Waals surface area (Å²) in [6.45, 7) is 0. The highest BCUT2D eigenvalue weighted by Gasteiger charge is 2.09. The second-order valence-corrected chi connectivity index (χ2v) is 3.88. The summed E-state index contributed by atoms with van der Waals surface area (Å²) in [5.41, 5.74) is 3.52. The Morgan fingerprint density at radius 3 is 2.50 bits per heavy atom. The van der Waals surface area contributed by atoms with E-state index in [1.807, 2.05) is 18.2 Å². The van der Waals surface area contributed by atoms with E-state index in [1.54, 1.807) is 24.5 Å². The molecule has 3 rings (SSSR count). The molecule has 2 heterocycles. The van der Waals surface area contributed by atoms with E-state index in [2.05, 4.69) is 15.2 Å². The minimum Gasteiger partial charge on any atom is -0.278 e. The summed E-state index contributed by atoms with van der Waals surface area (Å²) in [5, 5.41) is 6.85. The molecular weight excluding hydrogens is 229 g/mol. The van der Waals surface area contributed by atoms with Gasteiger partial charge in [0.2, 0.25) is 0 Å². The standard InChI is InChI=1S/C14H10FN3/c15-11-5-3-10(4-6-11)14-12(2-1-8-16-14)13-7-9-17-18-13/h1-9H,(H,17,18). The number of halogens is 1. The van der Waals surface area contributed by atoms with E-state index in [0.29, 0.717) is 0 Å². The van der Waals surface area contributed by atoms with Crippen LogP contribution in [0.2, 0.25) is 0 Å². The molecule has 0 bridgehead atoms. The molecule has 0 atom stereocenters. The van der Waals surface area contributed by atoms with Crippen LogP contribution < -0.4 is 0 Å². The zero-order chi connectivity index (χ0) is 12.4. The molecule has 2 aromatic heterocycles. The van der Waals surface area contributed by atoms with E-state index < -0.39 is 0 Å². The number of H-pyrrole nitrogens is 1. The van der Waals surface area contributed by atoms with Crippen LogP contribution in [0.15, 0.2) is 54.9 Å². The Morgan fingerprint density at radius 1 is 0.944 bits per heavy atom. The number of hydrogen-bond donors (Lipinski definition) is 1. The van der Waals surface area contributed by atoms with Gasteiger partial charge in [-0.05, 0) is 42.5 Å². The number of pyridine rings is 1. The summed E-state index contributed by atoms with van der Waals surface area (Å²) in [6, 6.07) is 12.0. The summed E-state index contributed by atoms with van der Waals surface area (Å²) in [4.78, 5) is 4.36. The molecular formula is C14H10FN3. The topological polar surface area (TPSA) is 41.6 Å². The molecule has 0 radical (unpaired) electrons. The molecule has 0 amide bonds. The third-order valence-electron chi connectivity index (χ3n) is 2.72. The van der Waals surface area contributed by atoms with Crippen molar-refractivity contribution in [1.82, 2.24) is 15.2 Å².